The molecule has 150 valence electrons. The van der Waals surface area contributed by atoms with Crippen LogP contribution in [0.4, 0.5) is 5.69 Å². The van der Waals surface area contributed by atoms with Crippen LogP contribution in [0.15, 0.2) is 34.9 Å². The van der Waals surface area contributed by atoms with Crippen LogP contribution in [0, 0.1) is 28.6 Å². The third-order valence-electron chi connectivity index (χ3n) is 6.99. The van der Waals surface area contributed by atoms with Gasteiger partial charge in [-0.25, -0.2) is 0 Å². The van der Waals surface area contributed by atoms with Gasteiger partial charge in [-0.15, -0.1) is 4.91 Å². The molecule has 4 aliphatic carbocycles. The van der Waals surface area contributed by atoms with Gasteiger partial charge in [-0.1, -0.05) is 18.2 Å². The highest BCUT2D eigenvalue weighted by Crippen LogP contribution is 2.63. The molecule has 0 saturated heterocycles. The zero-order chi connectivity index (χ0) is 19.7. The number of hydrogen-bond acceptors (Lipinski definition) is 5. The van der Waals surface area contributed by atoms with Crippen LogP contribution in [0.1, 0.15) is 39.0 Å². The third-order valence-corrected chi connectivity index (χ3v) is 8.20. The van der Waals surface area contributed by atoms with Crippen molar-refractivity contribution < 1.29 is 9.59 Å². The number of rotatable bonds is 7. The molecule has 1 aromatic carbocycles. The second-order valence-electron chi connectivity index (χ2n) is 8.65. The number of para-hydroxylation sites is 1. The number of amides is 2. The fourth-order valence-corrected chi connectivity index (χ4v) is 6.97. The molecule has 0 heterocycles. The zero-order valence-corrected chi connectivity index (χ0v) is 17.0. The summed E-state index contributed by atoms with van der Waals surface area (Å²) < 4.78 is 2.97. The highest BCUT2D eigenvalue weighted by molar-refractivity contribution is 7.99. The van der Waals surface area contributed by atoms with Crippen LogP contribution in [-0.2, 0) is 9.59 Å². The van der Waals surface area contributed by atoms with Gasteiger partial charge in [0.05, 0.1) is 11.3 Å². The van der Waals surface area contributed by atoms with Crippen LogP contribution in [0.5, 0.6) is 0 Å². The van der Waals surface area contributed by atoms with Crippen LogP contribution in [0.3, 0.4) is 0 Å². The Morgan fingerprint density at radius 1 is 1.11 bits per heavy atom. The third kappa shape index (κ3) is 3.56. The minimum atomic E-state index is -0.323. The molecule has 0 unspecified atom stereocenters. The number of nitroso groups, excluding NO2 is 1. The van der Waals surface area contributed by atoms with Crippen LogP contribution >= 0.6 is 11.9 Å². The fourth-order valence-electron chi connectivity index (χ4n) is 5.96. The Hall–Kier alpha value is -1.89. The summed E-state index contributed by atoms with van der Waals surface area (Å²) in [5.74, 6) is 2.00. The predicted octanol–water partition coefficient (Wildman–Crippen LogP) is 3.77. The normalized spacial score (nSPS) is 32.8. The Bertz CT molecular complexity index is 727. The second kappa shape index (κ2) is 7.85. The zero-order valence-electron chi connectivity index (χ0n) is 16.2. The number of benzene rings is 1. The van der Waals surface area contributed by atoms with E-state index >= 15 is 0 Å². The van der Waals surface area contributed by atoms with Gasteiger partial charge in [-0.2, -0.15) is 0 Å². The van der Waals surface area contributed by atoms with Gasteiger partial charge in [0.1, 0.15) is 0 Å². The summed E-state index contributed by atoms with van der Waals surface area (Å²) in [4.78, 5) is 37.6. The average molecular weight is 402 g/mol. The van der Waals surface area contributed by atoms with Gasteiger partial charge in [-0.05, 0) is 67.9 Å². The first kappa shape index (κ1) is 19.4. The Kier molecular flexibility index (Phi) is 5.45. The van der Waals surface area contributed by atoms with E-state index in [9.17, 15) is 14.5 Å². The van der Waals surface area contributed by atoms with E-state index in [0.717, 1.165) is 43.2 Å². The van der Waals surface area contributed by atoms with Gasteiger partial charge < -0.3 is 10.2 Å². The summed E-state index contributed by atoms with van der Waals surface area (Å²) in [6, 6.07) is 9.55. The van der Waals surface area contributed by atoms with Crippen molar-refractivity contribution in [1.82, 2.24) is 5.32 Å². The molecule has 4 aliphatic rings. The highest BCUT2D eigenvalue weighted by Gasteiger charge is 2.59. The van der Waals surface area contributed by atoms with E-state index in [-0.39, 0.29) is 23.1 Å². The molecule has 0 atom stereocenters. The first-order chi connectivity index (χ1) is 13.5. The van der Waals surface area contributed by atoms with E-state index in [2.05, 4.69) is 9.90 Å². The van der Waals surface area contributed by atoms with E-state index in [4.69, 9.17) is 0 Å². The fraction of sp³-hybridized carbons (Fsp3) is 0.619. The van der Waals surface area contributed by atoms with Gasteiger partial charge in [0.25, 0.3) is 0 Å². The standard InChI is InChI=1S/C21H27N3O3S/c1-14(25)22-12-20(26)24(19-5-3-2-4-6-19)13-21(28-23-27)17-8-15-7-16(10-17)11-18(21)9-15/h2-6,15-18H,7-13H2,1H3,(H,22,25). The largest absolute Gasteiger partial charge is 0.347 e. The highest BCUT2D eigenvalue weighted by atomic mass is 32.2. The van der Waals surface area contributed by atoms with E-state index in [1.165, 1.54) is 25.3 Å². The van der Waals surface area contributed by atoms with Crippen molar-refractivity contribution >= 4 is 29.4 Å². The van der Waals surface area contributed by atoms with Gasteiger partial charge >= 0.3 is 0 Å². The lowest BCUT2D eigenvalue weighted by Crippen LogP contribution is -2.61. The lowest BCUT2D eigenvalue weighted by atomic mass is 9.51. The average Bonchev–Trinajstić information content (AvgIpc) is 2.68. The molecule has 1 N–H and O–H groups in total. The molecule has 0 spiro atoms. The Morgan fingerprint density at radius 2 is 1.71 bits per heavy atom. The maximum Gasteiger partial charge on any atom is 0.246 e. The lowest BCUT2D eigenvalue weighted by molar-refractivity contribution is -0.123. The molecular weight excluding hydrogens is 374 g/mol. The molecule has 0 aromatic heterocycles. The number of carbonyl (C=O) groups is 2. The van der Waals surface area contributed by atoms with Crippen LogP contribution < -0.4 is 10.2 Å². The SMILES string of the molecule is CC(=O)NCC(=O)N(CC1(SN=O)C2CC3CC(C2)CC1C3)c1ccccc1. The lowest BCUT2D eigenvalue weighted by Gasteiger charge is -2.60. The Labute approximate surface area is 169 Å². The summed E-state index contributed by atoms with van der Waals surface area (Å²) in [6.45, 7) is 1.84. The molecule has 2 amide bonds. The molecule has 4 saturated carbocycles. The predicted molar refractivity (Wildman–Crippen MR) is 111 cm³/mol. The van der Waals surface area contributed by atoms with Crippen molar-refractivity contribution in [1.29, 1.82) is 0 Å². The van der Waals surface area contributed by atoms with E-state index in [1.807, 2.05) is 30.3 Å². The molecule has 7 heteroatoms. The molecule has 6 nitrogen and oxygen atoms in total. The number of carbonyl (C=O) groups excluding carboxylic acids is 2. The molecule has 4 fully saturated rings. The van der Waals surface area contributed by atoms with Crippen molar-refractivity contribution in [3.05, 3.63) is 35.2 Å². The summed E-state index contributed by atoms with van der Waals surface area (Å²) in [5.41, 5.74) is 0.803. The summed E-state index contributed by atoms with van der Waals surface area (Å²) in [7, 11) is 0. The molecule has 5 rings (SSSR count). The van der Waals surface area contributed by atoms with Crippen molar-refractivity contribution in [3.63, 3.8) is 0 Å². The monoisotopic (exact) mass is 401 g/mol. The topological polar surface area (TPSA) is 78.8 Å². The van der Waals surface area contributed by atoms with Crippen molar-refractivity contribution in [2.45, 2.75) is 43.8 Å². The smallest absolute Gasteiger partial charge is 0.246 e. The van der Waals surface area contributed by atoms with Gasteiger partial charge in [0.15, 0.2) is 0 Å². The molecular formula is C21H27N3O3S. The minimum Gasteiger partial charge on any atom is -0.347 e. The maximum absolute atomic E-state index is 13.1. The Balaban J connectivity index is 1.64. The minimum absolute atomic E-state index is 0.0416. The molecule has 0 aliphatic heterocycles. The van der Waals surface area contributed by atoms with Crippen molar-refractivity contribution in [3.8, 4) is 0 Å². The van der Waals surface area contributed by atoms with Crippen LogP contribution in [0.2, 0.25) is 0 Å². The first-order valence-corrected chi connectivity index (χ1v) is 10.9. The van der Waals surface area contributed by atoms with Crippen molar-refractivity contribution in [2.75, 3.05) is 18.0 Å². The van der Waals surface area contributed by atoms with E-state index < -0.39 is 0 Å². The summed E-state index contributed by atoms with van der Waals surface area (Å²) >= 11 is 1.17. The van der Waals surface area contributed by atoms with Gasteiger partial charge in [-0.3, -0.25) is 9.59 Å². The first-order valence-electron chi connectivity index (χ1n) is 10.1. The van der Waals surface area contributed by atoms with Crippen LogP contribution in [-0.4, -0.2) is 29.7 Å². The quantitative estimate of drug-likeness (QED) is 0.557. The van der Waals surface area contributed by atoms with Gasteiger partial charge in [0.2, 0.25) is 11.8 Å². The number of anilines is 1. The number of nitrogens with zero attached hydrogens (tertiary/aromatic N) is 2. The summed E-state index contributed by atoms with van der Waals surface area (Å²) in [5, 5.41) is 2.62. The maximum atomic E-state index is 13.1. The Morgan fingerprint density at radius 3 is 2.25 bits per heavy atom. The number of hydrogen-bond donors (Lipinski definition) is 1. The van der Waals surface area contributed by atoms with Gasteiger partial charge in [0, 0.05) is 35.7 Å². The van der Waals surface area contributed by atoms with Crippen LogP contribution in [0.25, 0.3) is 0 Å². The molecule has 28 heavy (non-hydrogen) atoms. The molecule has 4 bridgehead atoms. The second-order valence-corrected chi connectivity index (χ2v) is 9.74. The number of nitrogens with one attached hydrogen (secondary N) is 1. The van der Waals surface area contributed by atoms with Crippen molar-refractivity contribution in [2.24, 2.45) is 28.3 Å². The summed E-state index contributed by atoms with van der Waals surface area (Å²) in [6.07, 6.45) is 5.87. The van der Waals surface area contributed by atoms with E-state index in [1.54, 1.807) is 4.90 Å². The van der Waals surface area contributed by atoms with E-state index in [0.29, 0.717) is 18.4 Å². The molecule has 0 radical (unpaired) electrons. The molecule has 1 aromatic rings.